The van der Waals surface area contributed by atoms with E-state index in [0.717, 1.165) is 69.5 Å². The highest BCUT2D eigenvalue weighted by Crippen LogP contribution is 2.23. The van der Waals surface area contributed by atoms with E-state index >= 15 is 0 Å². The average Bonchev–Trinajstić information content (AvgIpc) is 3.51. The topological polar surface area (TPSA) is 106 Å². The summed E-state index contributed by atoms with van der Waals surface area (Å²) in [6.07, 6.45) is 7.07. The number of carbonyl (C=O) groups excluding carboxylic acids is 1. The number of likely N-dealkylation sites (tertiary alicyclic amines) is 1. The molecule has 0 radical (unpaired) electrons. The highest BCUT2D eigenvalue weighted by Gasteiger charge is 2.31. The maximum atomic E-state index is 13.3. The summed E-state index contributed by atoms with van der Waals surface area (Å²) in [5.74, 6) is 0.794. The van der Waals surface area contributed by atoms with Gasteiger partial charge >= 0.3 is 0 Å². The lowest BCUT2D eigenvalue weighted by Gasteiger charge is -2.24. The van der Waals surface area contributed by atoms with Crippen LogP contribution in [-0.4, -0.2) is 116 Å². The van der Waals surface area contributed by atoms with Gasteiger partial charge in [0.2, 0.25) is 5.91 Å². The number of nitrogens with one attached hydrogen (secondary N) is 1. The van der Waals surface area contributed by atoms with Crippen LogP contribution in [0.1, 0.15) is 56.6 Å². The number of rotatable bonds is 19. The Balaban J connectivity index is 1.03. The van der Waals surface area contributed by atoms with Gasteiger partial charge in [0, 0.05) is 26.3 Å². The van der Waals surface area contributed by atoms with Crippen molar-refractivity contribution >= 4 is 5.91 Å². The van der Waals surface area contributed by atoms with Gasteiger partial charge < -0.3 is 48.1 Å². The first-order valence-corrected chi connectivity index (χ1v) is 15.6. The summed E-state index contributed by atoms with van der Waals surface area (Å²) in [6, 6.07) is 7.23. The smallest absolute Gasteiger partial charge is 0.244 e. The summed E-state index contributed by atoms with van der Waals surface area (Å²) in [5, 5.41) is 3.17. The third-order valence-corrected chi connectivity index (χ3v) is 7.62. The Morgan fingerprint density at radius 3 is 2.00 bits per heavy atom. The van der Waals surface area contributed by atoms with Crippen molar-refractivity contribution in [3.63, 3.8) is 0 Å². The number of hydrogen-bond acceptors (Lipinski definition) is 10. The van der Waals surface area contributed by atoms with E-state index in [0.29, 0.717) is 65.9 Å². The third kappa shape index (κ3) is 11.7. The van der Waals surface area contributed by atoms with E-state index in [1.807, 2.05) is 29.2 Å². The quantitative estimate of drug-likeness (QED) is 0.240. The molecule has 3 aliphatic heterocycles. The van der Waals surface area contributed by atoms with E-state index in [-0.39, 0.29) is 24.6 Å². The van der Waals surface area contributed by atoms with Crippen LogP contribution in [0.4, 0.5) is 0 Å². The van der Waals surface area contributed by atoms with Gasteiger partial charge in [-0.3, -0.25) is 4.79 Å². The molecule has 3 unspecified atom stereocenters. The second-order valence-electron chi connectivity index (χ2n) is 10.8. The van der Waals surface area contributed by atoms with Crippen LogP contribution in [0.2, 0.25) is 0 Å². The molecule has 11 heteroatoms. The van der Waals surface area contributed by atoms with Crippen molar-refractivity contribution in [2.45, 2.75) is 69.7 Å². The van der Waals surface area contributed by atoms with E-state index in [1.54, 1.807) is 7.05 Å². The largest absolute Gasteiger partial charge is 0.491 e. The second kappa shape index (κ2) is 19.4. The molecule has 3 heterocycles. The van der Waals surface area contributed by atoms with Crippen LogP contribution in [0, 0.1) is 0 Å². The Bertz CT molecular complexity index is 862. The van der Waals surface area contributed by atoms with Crippen LogP contribution in [0.25, 0.3) is 0 Å². The Hall–Kier alpha value is -1.83. The van der Waals surface area contributed by atoms with Crippen LogP contribution < -0.4 is 10.1 Å². The lowest BCUT2D eigenvalue weighted by atomic mass is 10.1. The van der Waals surface area contributed by atoms with Gasteiger partial charge in [0.15, 0.2) is 12.6 Å². The summed E-state index contributed by atoms with van der Waals surface area (Å²) in [7, 11) is 1.81. The van der Waals surface area contributed by atoms with Gasteiger partial charge in [0.1, 0.15) is 18.4 Å². The van der Waals surface area contributed by atoms with Crippen LogP contribution in [0.3, 0.4) is 0 Å². The average molecular weight is 595 g/mol. The number of hydrogen-bond donors (Lipinski definition) is 1. The molecule has 42 heavy (non-hydrogen) atoms. The maximum absolute atomic E-state index is 13.3. The zero-order chi connectivity index (χ0) is 29.2. The lowest BCUT2D eigenvalue weighted by Crippen LogP contribution is -2.39. The van der Waals surface area contributed by atoms with E-state index in [1.165, 1.54) is 0 Å². The summed E-state index contributed by atoms with van der Waals surface area (Å²) in [4.78, 5) is 15.1. The first-order valence-electron chi connectivity index (χ1n) is 15.6. The monoisotopic (exact) mass is 594 g/mol. The van der Waals surface area contributed by atoms with Gasteiger partial charge in [-0.2, -0.15) is 0 Å². The minimum absolute atomic E-state index is 0.0162. The summed E-state index contributed by atoms with van der Waals surface area (Å²) >= 11 is 0. The second-order valence-corrected chi connectivity index (χ2v) is 10.8. The molecular formula is C31H50N2O9. The zero-order valence-electron chi connectivity index (χ0n) is 25.2. The molecule has 3 fully saturated rings. The molecule has 1 N–H and O–H groups in total. The van der Waals surface area contributed by atoms with Crippen molar-refractivity contribution in [3.05, 3.63) is 29.8 Å². The van der Waals surface area contributed by atoms with Crippen LogP contribution in [0.5, 0.6) is 5.75 Å². The van der Waals surface area contributed by atoms with Crippen molar-refractivity contribution in [1.29, 1.82) is 0 Å². The predicted octanol–water partition coefficient (Wildman–Crippen LogP) is 3.06. The zero-order valence-corrected chi connectivity index (χ0v) is 25.2. The van der Waals surface area contributed by atoms with Crippen LogP contribution in [-0.2, 0) is 38.0 Å². The molecule has 11 nitrogen and oxygen atoms in total. The molecule has 1 amide bonds. The van der Waals surface area contributed by atoms with E-state index < -0.39 is 6.04 Å². The predicted molar refractivity (Wildman–Crippen MR) is 155 cm³/mol. The summed E-state index contributed by atoms with van der Waals surface area (Å²) in [6.45, 7) is 6.82. The highest BCUT2D eigenvalue weighted by atomic mass is 16.7. The summed E-state index contributed by atoms with van der Waals surface area (Å²) in [5.41, 5.74) is 0.899. The Morgan fingerprint density at radius 2 is 1.40 bits per heavy atom. The van der Waals surface area contributed by atoms with Crippen molar-refractivity contribution in [3.8, 4) is 5.75 Å². The number of nitrogens with zero attached hydrogens (tertiary/aromatic N) is 1. The van der Waals surface area contributed by atoms with Crippen molar-refractivity contribution in [2.75, 3.05) is 86.2 Å². The molecule has 0 bridgehead atoms. The van der Waals surface area contributed by atoms with Crippen LogP contribution in [0.15, 0.2) is 24.3 Å². The number of benzene rings is 1. The molecule has 0 spiro atoms. The molecule has 0 aliphatic carbocycles. The fraction of sp³-hybridized carbons (Fsp3) is 0.774. The van der Waals surface area contributed by atoms with Crippen LogP contribution >= 0.6 is 0 Å². The van der Waals surface area contributed by atoms with Crippen molar-refractivity contribution in [1.82, 2.24) is 10.2 Å². The minimum Gasteiger partial charge on any atom is -0.491 e. The van der Waals surface area contributed by atoms with E-state index in [2.05, 4.69) is 5.32 Å². The number of ether oxygens (including phenoxy) is 8. The van der Waals surface area contributed by atoms with Gasteiger partial charge in [-0.15, -0.1) is 0 Å². The third-order valence-electron chi connectivity index (χ3n) is 7.62. The highest BCUT2D eigenvalue weighted by molar-refractivity contribution is 5.83. The van der Waals surface area contributed by atoms with Gasteiger partial charge in [-0.25, -0.2) is 0 Å². The maximum Gasteiger partial charge on any atom is 0.244 e. The van der Waals surface area contributed by atoms with Gasteiger partial charge in [-0.1, -0.05) is 12.1 Å². The normalized spacial score (nSPS) is 23.6. The Kier molecular flexibility index (Phi) is 15.3. The molecule has 1 aromatic carbocycles. The number of amides is 1. The molecule has 3 saturated heterocycles. The molecular weight excluding hydrogens is 544 g/mol. The van der Waals surface area contributed by atoms with Crippen molar-refractivity contribution < 1.29 is 42.7 Å². The fourth-order valence-electron chi connectivity index (χ4n) is 5.29. The molecule has 3 aliphatic rings. The summed E-state index contributed by atoms with van der Waals surface area (Å²) < 4.78 is 45.4. The van der Waals surface area contributed by atoms with Gasteiger partial charge in [0.05, 0.1) is 52.4 Å². The van der Waals surface area contributed by atoms with Crippen molar-refractivity contribution in [2.24, 2.45) is 0 Å². The lowest BCUT2D eigenvalue weighted by molar-refractivity contribution is -0.169. The SMILES string of the molecule is CNC(C(=O)N1CC[C@@H](OCCOCCOCCOC2CCCCO2)C1)c1ccc(OCCOC2CCCCO2)cc1. The molecule has 1 aromatic rings. The van der Waals surface area contributed by atoms with E-state index in [4.69, 9.17) is 37.9 Å². The number of likely N-dealkylation sites (N-methyl/N-ethyl adjacent to an activating group) is 1. The molecule has 0 aromatic heterocycles. The molecule has 238 valence electrons. The standard InChI is InChI=1S/C31H50N2O9/c1-32-30(25-8-10-26(11-9-25)37-22-23-42-29-7-3-5-15-40-29)31(34)33-13-12-27(24-33)38-20-18-35-16-17-36-19-21-41-28-6-2-4-14-39-28/h8-11,27-30,32H,2-7,12-24H2,1H3/t27-,28?,29?,30?/m1/s1. The minimum atomic E-state index is -0.423. The first kappa shape index (κ1) is 33.1. The molecule has 4 atom stereocenters. The fourth-order valence-corrected chi connectivity index (χ4v) is 5.29. The van der Waals surface area contributed by atoms with Gasteiger partial charge in [0.25, 0.3) is 0 Å². The first-order chi connectivity index (χ1) is 20.7. The van der Waals surface area contributed by atoms with Gasteiger partial charge in [-0.05, 0) is 69.7 Å². The number of carbonyl (C=O) groups is 1. The molecule has 4 rings (SSSR count). The molecule has 0 saturated carbocycles. The Labute approximate surface area is 250 Å². The van der Waals surface area contributed by atoms with E-state index in [9.17, 15) is 4.79 Å². The Morgan fingerprint density at radius 1 is 0.810 bits per heavy atom.